The molecule has 0 spiro atoms. The highest BCUT2D eigenvalue weighted by Crippen LogP contribution is 2.36. The molecular formula is C12H13F6N. The van der Waals surface area contributed by atoms with Crippen LogP contribution < -0.4 is 5.32 Å². The molecule has 0 radical (unpaired) electrons. The van der Waals surface area contributed by atoms with Gasteiger partial charge in [0, 0.05) is 12.5 Å². The number of rotatable bonds is 4. The van der Waals surface area contributed by atoms with Crippen LogP contribution in [-0.4, -0.2) is 13.2 Å². The van der Waals surface area contributed by atoms with Crippen molar-refractivity contribution in [2.24, 2.45) is 0 Å². The standard InChI is InChI=1S/C12H13F6N/c1-19-10(6-7-11(13,14)15)8-4-2-3-5-9(8)12(16,17)18/h2-5,10,19H,6-7H2,1H3. The van der Waals surface area contributed by atoms with E-state index in [1.165, 1.54) is 25.2 Å². The van der Waals surface area contributed by atoms with Crippen LogP contribution in [0.15, 0.2) is 24.3 Å². The number of hydrogen-bond acceptors (Lipinski definition) is 1. The molecule has 0 heterocycles. The second-order valence-electron chi connectivity index (χ2n) is 4.08. The van der Waals surface area contributed by atoms with Crippen molar-refractivity contribution in [1.82, 2.24) is 5.32 Å². The number of halogens is 6. The molecule has 1 atom stereocenters. The maximum absolute atomic E-state index is 12.8. The first-order chi connectivity index (χ1) is 8.65. The third kappa shape index (κ3) is 4.74. The molecule has 0 amide bonds. The summed E-state index contributed by atoms with van der Waals surface area (Å²) in [5.74, 6) is 0. The molecule has 1 unspecified atom stereocenters. The van der Waals surface area contributed by atoms with Crippen LogP contribution in [0.1, 0.15) is 30.0 Å². The molecule has 1 aromatic rings. The van der Waals surface area contributed by atoms with Gasteiger partial charge in [0.25, 0.3) is 0 Å². The zero-order valence-corrected chi connectivity index (χ0v) is 10.1. The van der Waals surface area contributed by atoms with Crippen molar-refractivity contribution in [3.63, 3.8) is 0 Å². The minimum absolute atomic E-state index is 0.165. The zero-order chi connectivity index (χ0) is 14.7. The fourth-order valence-electron chi connectivity index (χ4n) is 1.82. The van der Waals surface area contributed by atoms with Crippen LogP contribution in [0, 0.1) is 0 Å². The summed E-state index contributed by atoms with van der Waals surface area (Å²) in [7, 11) is 1.34. The van der Waals surface area contributed by atoms with Gasteiger partial charge in [0.05, 0.1) is 5.56 Å². The van der Waals surface area contributed by atoms with Gasteiger partial charge in [-0.1, -0.05) is 18.2 Å². The topological polar surface area (TPSA) is 12.0 Å². The van der Waals surface area contributed by atoms with Gasteiger partial charge in [-0.3, -0.25) is 0 Å². The maximum atomic E-state index is 12.8. The molecule has 1 aromatic carbocycles. The van der Waals surface area contributed by atoms with Crippen LogP contribution in [0.5, 0.6) is 0 Å². The second-order valence-corrected chi connectivity index (χ2v) is 4.08. The van der Waals surface area contributed by atoms with Crippen LogP contribution in [-0.2, 0) is 6.18 Å². The quantitative estimate of drug-likeness (QED) is 0.813. The molecule has 19 heavy (non-hydrogen) atoms. The lowest BCUT2D eigenvalue weighted by Gasteiger charge is -2.21. The van der Waals surface area contributed by atoms with E-state index in [4.69, 9.17) is 0 Å². The Labute approximate surface area is 106 Å². The van der Waals surface area contributed by atoms with Crippen molar-refractivity contribution in [3.05, 3.63) is 35.4 Å². The van der Waals surface area contributed by atoms with Gasteiger partial charge in [0.1, 0.15) is 0 Å². The lowest BCUT2D eigenvalue weighted by molar-refractivity contribution is -0.139. The zero-order valence-electron chi connectivity index (χ0n) is 10.1. The Balaban J connectivity index is 2.99. The highest BCUT2D eigenvalue weighted by atomic mass is 19.4. The third-order valence-electron chi connectivity index (χ3n) is 2.71. The first kappa shape index (κ1) is 15.8. The molecule has 1 rings (SSSR count). The molecule has 0 aromatic heterocycles. The van der Waals surface area contributed by atoms with Crippen LogP contribution in [0.2, 0.25) is 0 Å². The number of nitrogens with one attached hydrogen (secondary N) is 1. The highest BCUT2D eigenvalue weighted by Gasteiger charge is 2.36. The minimum atomic E-state index is -4.58. The normalized spacial score (nSPS) is 14.5. The van der Waals surface area contributed by atoms with E-state index in [1.807, 2.05) is 0 Å². The molecule has 1 N–H and O–H groups in total. The summed E-state index contributed by atoms with van der Waals surface area (Å²) in [6.45, 7) is 0. The smallest absolute Gasteiger partial charge is 0.313 e. The Kier molecular flexibility index (Phi) is 4.84. The largest absolute Gasteiger partial charge is 0.416 e. The lowest BCUT2D eigenvalue weighted by Crippen LogP contribution is -2.23. The Morgan fingerprint density at radius 3 is 2.11 bits per heavy atom. The fraction of sp³-hybridized carbons (Fsp3) is 0.500. The first-order valence-corrected chi connectivity index (χ1v) is 5.55. The van der Waals surface area contributed by atoms with Gasteiger partial charge < -0.3 is 5.32 Å². The van der Waals surface area contributed by atoms with E-state index >= 15 is 0 Å². The third-order valence-corrected chi connectivity index (χ3v) is 2.71. The Bertz CT molecular complexity index is 409. The van der Waals surface area contributed by atoms with Gasteiger partial charge >= 0.3 is 12.4 Å². The maximum Gasteiger partial charge on any atom is 0.416 e. The van der Waals surface area contributed by atoms with Crippen molar-refractivity contribution in [3.8, 4) is 0 Å². The van der Waals surface area contributed by atoms with Crippen LogP contribution in [0.25, 0.3) is 0 Å². The van der Waals surface area contributed by atoms with E-state index in [0.29, 0.717) is 0 Å². The van der Waals surface area contributed by atoms with E-state index < -0.39 is 36.8 Å². The minimum Gasteiger partial charge on any atom is -0.313 e. The van der Waals surface area contributed by atoms with Gasteiger partial charge in [-0.2, -0.15) is 26.3 Å². The molecule has 0 saturated carbocycles. The van der Waals surface area contributed by atoms with Crippen LogP contribution >= 0.6 is 0 Å². The van der Waals surface area contributed by atoms with Gasteiger partial charge in [-0.25, -0.2) is 0 Å². The molecule has 0 fully saturated rings. The summed E-state index contributed by atoms with van der Waals surface area (Å²) >= 11 is 0. The number of benzene rings is 1. The molecular weight excluding hydrogens is 272 g/mol. The van der Waals surface area contributed by atoms with E-state index in [0.717, 1.165) is 6.07 Å². The SMILES string of the molecule is CNC(CCC(F)(F)F)c1ccccc1C(F)(F)F. The van der Waals surface area contributed by atoms with E-state index in [1.54, 1.807) is 0 Å². The fourth-order valence-corrected chi connectivity index (χ4v) is 1.82. The molecule has 0 aliphatic carbocycles. The first-order valence-electron chi connectivity index (χ1n) is 5.55. The average Bonchev–Trinajstić information content (AvgIpc) is 2.27. The van der Waals surface area contributed by atoms with Crippen molar-refractivity contribution in [2.75, 3.05) is 7.05 Å². The van der Waals surface area contributed by atoms with Crippen molar-refractivity contribution >= 4 is 0 Å². The molecule has 0 aliphatic heterocycles. The molecule has 1 nitrogen and oxygen atoms in total. The van der Waals surface area contributed by atoms with Gasteiger partial charge in [0.2, 0.25) is 0 Å². The van der Waals surface area contributed by atoms with E-state index in [-0.39, 0.29) is 5.56 Å². The molecule has 0 aliphatic rings. The van der Waals surface area contributed by atoms with Gasteiger partial charge in [-0.15, -0.1) is 0 Å². The summed E-state index contributed by atoms with van der Waals surface area (Å²) in [5, 5.41) is 2.50. The predicted octanol–water partition coefficient (Wildman–Crippen LogP) is 4.31. The van der Waals surface area contributed by atoms with Crippen molar-refractivity contribution in [2.45, 2.75) is 31.2 Å². The van der Waals surface area contributed by atoms with Gasteiger partial charge in [0.15, 0.2) is 0 Å². The number of alkyl halides is 6. The summed E-state index contributed by atoms with van der Waals surface area (Å²) in [5.41, 5.74) is -1.07. The van der Waals surface area contributed by atoms with Crippen LogP contribution in [0.3, 0.4) is 0 Å². The van der Waals surface area contributed by atoms with Crippen molar-refractivity contribution < 1.29 is 26.3 Å². The monoisotopic (exact) mass is 285 g/mol. The number of hydrogen-bond donors (Lipinski definition) is 1. The molecule has 108 valence electrons. The lowest BCUT2D eigenvalue weighted by atomic mass is 9.96. The van der Waals surface area contributed by atoms with Gasteiger partial charge in [-0.05, 0) is 25.1 Å². The summed E-state index contributed by atoms with van der Waals surface area (Å²) in [6, 6.07) is 3.67. The van der Waals surface area contributed by atoms with Crippen LogP contribution in [0.4, 0.5) is 26.3 Å². The second kappa shape index (κ2) is 5.81. The predicted molar refractivity (Wildman–Crippen MR) is 58.5 cm³/mol. The Morgan fingerprint density at radius 2 is 1.63 bits per heavy atom. The molecule has 0 saturated heterocycles. The summed E-state index contributed by atoms with van der Waals surface area (Å²) in [4.78, 5) is 0. The van der Waals surface area contributed by atoms with E-state index in [9.17, 15) is 26.3 Å². The molecule has 7 heteroatoms. The average molecular weight is 285 g/mol. The summed E-state index contributed by atoms with van der Waals surface area (Å²) in [6.07, 6.45) is -10.5. The summed E-state index contributed by atoms with van der Waals surface area (Å²) < 4.78 is 74.8. The Hall–Kier alpha value is -1.24. The van der Waals surface area contributed by atoms with E-state index in [2.05, 4.69) is 5.32 Å². The Morgan fingerprint density at radius 1 is 1.05 bits per heavy atom. The van der Waals surface area contributed by atoms with Crippen molar-refractivity contribution in [1.29, 1.82) is 0 Å². The highest BCUT2D eigenvalue weighted by molar-refractivity contribution is 5.32. The molecule has 0 bridgehead atoms.